The van der Waals surface area contributed by atoms with Crippen LogP contribution in [0.5, 0.6) is 5.75 Å². The molecule has 2 aliphatic rings. The predicted octanol–water partition coefficient (Wildman–Crippen LogP) is 2.98. The summed E-state index contributed by atoms with van der Waals surface area (Å²) in [6, 6.07) is 19.3. The Labute approximate surface area is 236 Å². The van der Waals surface area contributed by atoms with Gasteiger partial charge in [0.1, 0.15) is 18.5 Å². The molecular formula is C29H36N2O7S2. The number of hydrogen-bond donors (Lipinski definition) is 2. The maximum absolute atomic E-state index is 13.3. The third kappa shape index (κ3) is 6.35. The zero-order valence-corrected chi connectivity index (χ0v) is 24.2. The van der Waals surface area contributed by atoms with Crippen LogP contribution >= 0.6 is 0 Å². The maximum Gasteiger partial charge on any atom is 0.243 e. The van der Waals surface area contributed by atoms with Crippen molar-refractivity contribution in [3.8, 4) is 5.75 Å². The number of aliphatic hydroxyl groups excluding tert-OH is 1. The third-order valence-electron chi connectivity index (χ3n) is 7.83. The Morgan fingerprint density at radius 2 is 1.75 bits per heavy atom. The minimum absolute atomic E-state index is 0.00619. The van der Waals surface area contributed by atoms with Gasteiger partial charge in [0.25, 0.3) is 0 Å². The molecule has 2 heterocycles. The van der Waals surface area contributed by atoms with Crippen molar-refractivity contribution in [2.45, 2.75) is 53.7 Å². The van der Waals surface area contributed by atoms with Gasteiger partial charge in [0.15, 0.2) is 9.84 Å². The minimum Gasteiger partial charge on any atom is -0.491 e. The molecule has 9 nitrogen and oxygen atoms in total. The molecule has 2 N–H and O–H groups in total. The lowest BCUT2D eigenvalue weighted by atomic mass is 9.88. The maximum atomic E-state index is 13.3. The molecule has 0 saturated carbocycles. The fourth-order valence-electron chi connectivity index (χ4n) is 5.41. The van der Waals surface area contributed by atoms with E-state index >= 15 is 0 Å². The lowest BCUT2D eigenvalue weighted by Gasteiger charge is -2.38. The van der Waals surface area contributed by atoms with Gasteiger partial charge in [-0.15, -0.1) is 0 Å². The number of sulfone groups is 1. The SMILES string of the molecule is CCS(=O)(=O)c1cccc(OCC(O)CN[C@H]2COC3(CCN(S(=O)(=O)c4ccc5ccccc5c4)CC3)C2)c1. The molecule has 0 aliphatic carbocycles. The summed E-state index contributed by atoms with van der Waals surface area (Å²) >= 11 is 0. The first kappa shape index (κ1) is 29.0. The van der Waals surface area contributed by atoms with Gasteiger partial charge in [-0.3, -0.25) is 0 Å². The zero-order valence-electron chi connectivity index (χ0n) is 22.5. The fourth-order valence-corrected chi connectivity index (χ4v) is 7.81. The summed E-state index contributed by atoms with van der Waals surface area (Å²) in [5.74, 6) is 0.397. The molecule has 2 atom stereocenters. The Hall–Kier alpha value is -2.54. The van der Waals surface area contributed by atoms with Crippen molar-refractivity contribution >= 4 is 30.6 Å². The van der Waals surface area contributed by atoms with Gasteiger partial charge in [0, 0.05) is 25.7 Å². The largest absolute Gasteiger partial charge is 0.491 e. The molecule has 2 aliphatic heterocycles. The van der Waals surface area contributed by atoms with Gasteiger partial charge in [0.05, 0.1) is 27.8 Å². The second-order valence-electron chi connectivity index (χ2n) is 10.6. The molecule has 0 bridgehead atoms. The molecule has 1 spiro atoms. The molecule has 11 heteroatoms. The van der Waals surface area contributed by atoms with Gasteiger partial charge >= 0.3 is 0 Å². The van der Waals surface area contributed by atoms with E-state index in [0.29, 0.717) is 49.7 Å². The number of sulfonamides is 1. The number of benzene rings is 3. The van der Waals surface area contributed by atoms with Crippen LogP contribution in [0.15, 0.2) is 76.5 Å². The topological polar surface area (TPSA) is 122 Å². The number of aliphatic hydroxyl groups is 1. The van der Waals surface area contributed by atoms with E-state index in [1.54, 1.807) is 35.5 Å². The van der Waals surface area contributed by atoms with E-state index in [0.717, 1.165) is 17.2 Å². The first-order valence-corrected chi connectivity index (χ1v) is 16.7. The molecule has 3 aromatic rings. The van der Waals surface area contributed by atoms with Crippen molar-refractivity contribution in [2.75, 3.05) is 38.6 Å². The molecule has 1 unspecified atom stereocenters. The van der Waals surface area contributed by atoms with E-state index in [-0.39, 0.29) is 28.9 Å². The van der Waals surface area contributed by atoms with Crippen LogP contribution in [0.4, 0.5) is 0 Å². The summed E-state index contributed by atoms with van der Waals surface area (Å²) in [5.41, 5.74) is -0.375. The van der Waals surface area contributed by atoms with Crippen molar-refractivity contribution < 1.29 is 31.4 Å². The highest BCUT2D eigenvalue weighted by Crippen LogP contribution is 2.37. The van der Waals surface area contributed by atoms with Crippen molar-refractivity contribution in [1.82, 2.24) is 9.62 Å². The molecule has 0 aromatic heterocycles. The molecule has 0 radical (unpaired) electrons. The second-order valence-corrected chi connectivity index (χ2v) is 14.8. The number of fused-ring (bicyclic) bond motifs is 1. The molecule has 0 amide bonds. The van der Waals surface area contributed by atoms with Crippen LogP contribution in [0, 0.1) is 0 Å². The highest BCUT2D eigenvalue weighted by Gasteiger charge is 2.44. The van der Waals surface area contributed by atoms with Crippen LogP contribution in [0.1, 0.15) is 26.2 Å². The summed E-state index contributed by atoms with van der Waals surface area (Å²) in [6.45, 7) is 3.17. The third-order valence-corrected chi connectivity index (χ3v) is 11.5. The van der Waals surface area contributed by atoms with Gasteiger partial charge in [0.2, 0.25) is 10.0 Å². The quantitative estimate of drug-likeness (QED) is 0.371. The Morgan fingerprint density at radius 1 is 1.00 bits per heavy atom. The lowest BCUT2D eigenvalue weighted by Crippen LogP contribution is -2.47. The highest BCUT2D eigenvalue weighted by atomic mass is 32.2. The van der Waals surface area contributed by atoms with E-state index in [1.807, 2.05) is 30.3 Å². The van der Waals surface area contributed by atoms with Crippen LogP contribution in [-0.4, -0.2) is 82.6 Å². The smallest absolute Gasteiger partial charge is 0.243 e. The normalized spacial score (nSPS) is 20.6. The molecule has 2 saturated heterocycles. The molecule has 216 valence electrons. The van der Waals surface area contributed by atoms with E-state index in [9.17, 15) is 21.9 Å². The van der Waals surface area contributed by atoms with Crippen molar-refractivity contribution in [1.29, 1.82) is 0 Å². The number of nitrogens with zero attached hydrogens (tertiary/aromatic N) is 1. The number of piperidine rings is 1. The summed E-state index contributed by atoms with van der Waals surface area (Å²) in [4.78, 5) is 0.508. The van der Waals surface area contributed by atoms with Crippen molar-refractivity contribution in [2.24, 2.45) is 0 Å². The monoisotopic (exact) mass is 588 g/mol. The van der Waals surface area contributed by atoms with Gasteiger partial charge in [-0.1, -0.05) is 43.3 Å². The number of ether oxygens (including phenoxy) is 2. The van der Waals surface area contributed by atoms with Crippen LogP contribution in [0.3, 0.4) is 0 Å². The van der Waals surface area contributed by atoms with E-state index in [4.69, 9.17) is 9.47 Å². The Balaban J connectivity index is 1.09. The number of nitrogens with one attached hydrogen (secondary N) is 1. The Morgan fingerprint density at radius 3 is 2.50 bits per heavy atom. The second kappa shape index (κ2) is 11.8. The summed E-state index contributed by atoms with van der Waals surface area (Å²) in [7, 11) is -6.93. The summed E-state index contributed by atoms with van der Waals surface area (Å²) in [6.07, 6.45) is 1.17. The number of rotatable bonds is 10. The zero-order chi connectivity index (χ0) is 28.4. The first-order valence-electron chi connectivity index (χ1n) is 13.6. The van der Waals surface area contributed by atoms with Gasteiger partial charge in [-0.2, -0.15) is 4.31 Å². The minimum atomic E-state index is -3.59. The Bertz CT molecular complexity index is 1550. The average Bonchev–Trinajstić information content (AvgIpc) is 3.37. The standard InChI is InChI=1S/C29H36N2O7S2/c1-2-39(33,34)27-9-5-8-26(17-27)37-21-25(32)19-30-24-18-29(38-20-24)12-14-31(15-13-29)40(35,36)28-11-10-22-6-3-4-7-23(22)16-28/h3-11,16-17,24-25,30,32H,2,12-15,18-21H2,1H3/t24-,25?/m1/s1. The first-order chi connectivity index (χ1) is 19.1. The van der Waals surface area contributed by atoms with Crippen molar-refractivity contribution in [3.05, 3.63) is 66.7 Å². The Kier molecular flexibility index (Phi) is 8.51. The van der Waals surface area contributed by atoms with E-state index < -0.39 is 26.0 Å². The molecule has 5 rings (SSSR count). The van der Waals surface area contributed by atoms with Crippen LogP contribution in [-0.2, 0) is 24.6 Å². The van der Waals surface area contributed by atoms with Gasteiger partial charge < -0.3 is 19.9 Å². The van der Waals surface area contributed by atoms with Crippen molar-refractivity contribution in [3.63, 3.8) is 0 Å². The van der Waals surface area contributed by atoms with Crippen LogP contribution in [0.2, 0.25) is 0 Å². The molecule has 40 heavy (non-hydrogen) atoms. The average molecular weight is 589 g/mol. The molecule has 3 aromatic carbocycles. The number of hydrogen-bond acceptors (Lipinski definition) is 8. The van der Waals surface area contributed by atoms with E-state index in [2.05, 4.69) is 5.32 Å². The van der Waals surface area contributed by atoms with E-state index in [1.165, 1.54) is 12.1 Å². The molecular weight excluding hydrogens is 552 g/mol. The predicted molar refractivity (Wildman–Crippen MR) is 153 cm³/mol. The lowest BCUT2D eigenvalue weighted by molar-refractivity contribution is -0.0312. The highest BCUT2D eigenvalue weighted by molar-refractivity contribution is 7.91. The fraction of sp³-hybridized carbons (Fsp3) is 0.448. The summed E-state index contributed by atoms with van der Waals surface area (Å²) in [5, 5.41) is 15.7. The van der Waals surface area contributed by atoms with Crippen LogP contribution < -0.4 is 10.1 Å². The summed E-state index contributed by atoms with van der Waals surface area (Å²) < 4.78 is 64.2. The molecule has 2 fully saturated rings. The van der Waals surface area contributed by atoms with Gasteiger partial charge in [-0.25, -0.2) is 16.8 Å². The van der Waals surface area contributed by atoms with Crippen LogP contribution in [0.25, 0.3) is 10.8 Å². The van der Waals surface area contributed by atoms with Gasteiger partial charge in [-0.05, 0) is 60.4 Å².